The molecule has 1 aromatic carbocycles. The van der Waals surface area contributed by atoms with Crippen LogP contribution in [0.3, 0.4) is 0 Å². The molecule has 3 rings (SSSR count). The third-order valence-electron chi connectivity index (χ3n) is 3.67. The second-order valence-corrected chi connectivity index (χ2v) is 4.88. The summed E-state index contributed by atoms with van der Waals surface area (Å²) in [5, 5.41) is 9.45. The molecule has 1 aromatic heterocycles. The maximum atomic E-state index is 9.45. The molecule has 0 radical (unpaired) electrons. The number of benzene rings is 1. The molecule has 1 N–H and O–H groups in total. The molecule has 3 nitrogen and oxygen atoms in total. The minimum atomic E-state index is -0.300. The van der Waals surface area contributed by atoms with Gasteiger partial charge in [-0.15, -0.1) is 0 Å². The smallest absolute Gasteiger partial charge is 0.0862 e. The maximum absolute atomic E-state index is 9.45. The van der Waals surface area contributed by atoms with E-state index in [2.05, 4.69) is 23.6 Å². The van der Waals surface area contributed by atoms with Gasteiger partial charge in [0.15, 0.2) is 0 Å². The first-order valence-electron chi connectivity index (χ1n) is 6.19. The second kappa shape index (κ2) is 4.23. The lowest BCUT2D eigenvalue weighted by atomic mass is 9.63. The Morgan fingerprint density at radius 1 is 1.11 bits per heavy atom. The fourth-order valence-corrected chi connectivity index (χ4v) is 2.65. The first kappa shape index (κ1) is 10.9. The minimum Gasteiger partial charge on any atom is -0.323 e. The molecule has 1 aliphatic rings. The lowest BCUT2D eigenvalue weighted by molar-refractivity contribution is 0.274. The zero-order chi connectivity index (χ0) is 12.4. The summed E-state index contributed by atoms with van der Waals surface area (Å²) in [7, 11) is 0. The van der Waals surface area contributed by atoms with E-state index >= 15 is 0 Å². The van der Waals surface area contributed by atoms with Crippen LogP contribution < -0.4 is 5.43 Å². The molecule has 3 heteroatoms. The molecule has 1 saturated carbocycles. The Labute approximate surface area is 107 Å². The molecule has 1 heterocycles. The number of hydrogen-bond acceptors (Lipinski definition) is 2. The Kier molecular flexibility index (Phi) is 2.56. The van der Waals surface area contributed by atoms with E-state index in [0.717, 1.165) is 18.4 Å². The van der Waals surface area contributed by atoms with Crippen LogP contribution in [0.1, 0.15) is 18.4 Å². The lowest BCUT2D eigenvalue weighted by Crippen LogP contribution is -2.49. The summed E-state index contributed by atoms with van der Waals surface area (Å²) in [6, 6.07) is 16.9. The summed E-state index contributed by atoms with van der Waals surface area (Å²) >= 11 is 0. The van der Waals surface area contributed by atoms with Crippen LogP contribution in [0, 0.1) is 11.3 Å². The van der Waals surface area contributed by atoms with Gasteiger partial charge in [0.25, 0.3) is 0 Å². The van der Waals surface area contributed by atoms with Crippen molar-refractivity contribution < 1.29 is 0 Å². The van der Waals surface area contributed by atoms with Crippen molar-refractivity contribution in [2.45, 2.75) is 24.3 Å². The summed E-state index contributed by atoms with van der Waals surface area (Å²) in [6.45, 7) is 0. The monoisotopic (exact) mass is 237 g/mol. The van der Waals surface area contributed by atoms with Crippen LogP contribution in [0.2, 0.25) is 0 Å². The van der Waals surface area contributed by atoms with Crippen LogP contribution in [0.15, 0.2) is 54.9 Å². The number of hydrogen-bond donors (Lipinski definition) is 1. The molecule has 1 aliphatic carbocycles. The zero-order valence-corrected chi connectivity index (χ0v) is 10.1. The van der Waals surface area contributed by atoms with Gasteiger partial charge in [-0.3, -0.25) is 4.68 Å². The molecule has 0 atom stereocenters. The first-order valence-corrected chi connectivity index (χ1v) is 6.19. The third-order valence-corrected chi connectivity index (χ3v) is 3.67. The second-order valence-electron chi connectivity index (χ2n) is 4.88. The summed E-state index contributed by atoms with van der Waals surface area (Å²) in [6.07, 6.45) is 5.70. The van der Waals surface area contributed by atoms with Gasteiger partial charge in [-0.05, 0) is 30.5 Å². The van der Waals surface area contributed by atoms with Gasteiger partial charge < -0.3 is 5.43 Å². The van der Waals surface area contributed by atoms with Gasteiger partial charge >= 0.3 is 0 Å². The average molecular weight is 237 g/mol. The van der Waals surface area contributed by atoms with Gasteiger partial charge in [-0.25, -0.2) is 0 Å². The van der Waals surface area contributed by atoms with Crippen molar-refractivity contribution in [1.29, 1.82) is 5.26 Å². The third kappa shape index (κ3) is 1.76. The van der Waals surface area contributed by atoms with E-state index in [-0.39, 0.29) is 5.41 Å². The van der Waals surface area contributed by atoms with Gasteiger partial charge in [0.05, 0.1) is 11.5 Å². The number of nitrogens with one attached hydrogen (secondary N) is 1. The van der Waals surface area contributed by atoms with Crippen LogP contribution in [-0.4, -0.2) is 10.7 Å². The Balaban J connectivity index is 1.70. The normalized spacial score (nSPS) is 26.1. The molecule has 0 spiro atoms. The molecular formula is C15H15N3. The largest absolute Gasteiger partial charge is 0.323 e. The predicted molar refractivity (Wildman–Crippen MR) is 70.5 cm³/mol. The first-order chi connectivity index (χ1) is 8.82. The Morgan fingerprint density at radius 2 is 1.78 bits per heavy atom. The standard InChI is InChI=1S/C15H15N3/c16-12-15(13-6-2-1-3-7-13)10-14(11-15)17-18-8-4-5-9-18/h1-9,14,17H,10-11H2. The fourth-order valence-electron chi connectivity index (χ4n) is 2.65. The van der Waals surface area contributed by atoms with E-state index in [4.69, 9.17) is 0 Å². The Hall–Kier alpha value is -2.21. The van der Waals surface area contributed by atoms with Crippen LogP contribution in [0.4, 0.5) is 0 Å². The highest BCUT2D eigenvalue weighted by atomic mass is 15.4. The summed E-state index contributed by atoms with van der Waals surface area (Å²) in [5.74, 6) is 0. The van der Waals surface area contributed by atoms with E-state index in [0.29, 0.717) is 6.04 Å². The highest BCUT2D eigenvalue weighted by Gasteiger charge is 2.46. The van der Waals surface area contributed by atoms with E-state index in [1.807, 2.05) is 47.4 Å². The van der Waals surface area contributed by atoms with Gasteiger partial charge in [-0.2, -0.15) is 5.26 Å². The van der Waals surface area contributed by atoms with Crippen molar-refractivity contribution in [2.24, 2.45) is 0 Å². The molecule has 18 heavy (non-hydrogen) atoms. The molecule has 0 aliphatic heterocycles. The summed E-state index contributed by atoms with van der Waals surface area (Å²) in [5.41, 5.74) is 4.22. The van der Waals surface area contributed by atoms with Crippen molar-refractivity contribution >= 4 is 0 Å². The van der Waals surface area contributed by atoms with E-state index < -0.39 is 0 Å². The molecule has 0 bridgehead atoms. The SMILES string of the molecule is N#CC1(c2ccccc2)CC(Nn2cccc2)C1. The quantitative estimate of drug-likeness (QED) is 0.891. The molecular weight excluding hydrogens is 222 g/mol. The van der Waals surface area contributed by atoms with Crippen molar-refractivity contribution in [1.82, 2.24) is 4.68 Å². The van der Waals surface area contributed by atoms with Gasteiger partial charge in [-0.1, -0.05) is 30.3 Å². The van der Waals surface area contributed by atoms with Crippen LogP contribution in [0.25, 0.3) is 0 Å². The molecule has 2 aromatic rings. The fraction of sp³-hybridized carbons (Fsp3) is 0.267. The number of aromatic nitrogens is 1. The van der Waals surface area contributed by atoms with E-state index in [1.54, 1.807) is 0 Å². The molecule has 1 fully saturated rings. The molecule has 90 valence electrons. The molecule has 0 unspecified atom stereocenters. The summed E-state index contributed by atoms with van der Waals surface area (Å²) in [4.78, 5) is 0. The van der Waals surface area contributed by atoms with Crippen LogP contribution >= 0.6 is 0 Å². The number of nitriles is 1. The Bertz CT molecular complexity index is 545. The minimum absolute atomic E-state index is 0.300. The van der Waals surface area contributed by atoms with Crippen molar-refractivity contribution in [3.8, 4) is 6.07 Å². The molecule has 0 saturated heterocycles. The topological polar surface area (TPSA) is 40.8 Å². The van der Waals surface area contributed by atoms with E-state index in [9.17, 15) is 5.26 Å². The zero-order valence-electron chi connectivity index (χ0n) is 10.1. The van der Waals surface area contributed by atoms with E-state index in [1.165, 1.54) is 0 Å². The van der Waals surface area contributed by atoms with Crippen molar-refractivity contribution in [3.05, 3.63) is 60.4 Å². The van der Waals surface area contributed by atoms with Crippen molar-refractivity contribution in [3.63, 3.8) is 0 Å². The highest BCUT2D eigenvalue weighted by molar-refractivity contribution is 5.37. The Morgan fingerprint density at radius 3 is 2.39 bits per heavy atom. The number of rotatable bonds is 3. The highest BCUT2D eigenvalue weighted by Crippen LogP contribution is 2.43. The average Bonchev–Trinajstić information content (AvgIpc) is 2.87. The van der Waals surface area contributed by atoms with Gasteiger partial charge in [0.2, 0.25) is 0 Å². The summed E-state index contributed by atoms with van der Waals surface area (Å²) < 4.78 is 1.96. The van der Waals surface area contributed by atoms with Crippen LogP contribution in [0.5, 0.6) is 0 Å². The van der Waals surface area contributed by atoms with Crippen molar-refractivity contribution in [2.75, 3.05) is 5.43 Å². The van der Waals surface area contributed by atoms with Gasteiger partial charge in [0, 0.05) is 18.4 Å². The predicted octanol–water partition coefficient (Wildman–Crippen LogP) is 2.66. The maximum Gasteiger partial charge on any atom is 0.0862 e. The number of nitrogens with zero attached hydrogens (tertiary/aromatic N) is 2. The van der Waals surface area contributed by atoms with Gasteiger partial charge in [0.1, 0.15) is 0 Å². The lowest BCUT2D eigenvalue weighted by Gasteiger charge is -2.43. The van der Waals surface area contributed by atoms with Crippen LogP contribution in [-0.2, 0) is 5.41 Å². The molecule has 0 amide bonds.